The summed E-state index contributed by atoms with van der Waals surface area (Å²) in [5, 5.41) is 3.03. The first kappa shape index (κ1) is 11.3. The van der Waals surface area contributed by atoms with Crippen LogP contribution in [0.3, 0.4) is 0 Å². The molecule has 2 aliphatic heterocycles. The number of fused-ring (bicyclic) bond motifs is 1. The minimum absolute atomic E-state index is 0.0853. The lowest BCUT2D eigenvalue weighted by Crippen LogP contribution is -2.30. The molecule has 0 aliphatic carbocycles. The van der Waals surface area contributed by atoms with Crippen LogP contribution < -0.4 is 0 Å². The van der Waals surface area contributed by atoms with Gasteiger partial charge in [-0.15, -0.1) is 0 Å². The molecule has 2 aliphatic rings. The zero-order valence-corrected chi connectivity index (χ0v) is 10.8. The van der Waals surface area contributed by atoms with Crippen molar-refractivity contribution in [3.05, 3.63) is 53.1 Å². The van der Waals surface area contributed by atoms with E-state index in [1.165, 1.54) is 0 Å². The molecule has 0 fully saturated rings. The van der Waals surface area contributed by atoms with Gasteiger partial charge in [-0.1, -0.05) is 42.1 Å². The third-order valence-corrected chi connectivity index (χ3v) is 3.86. The molecule has 4 heteroatoms. The summed E-state index contributed by atoms with van der Waals surface area (Å²) in [7, 11) is 0. The van der Waals surface area contributed by atoms with E-state index < -0.39 is 0 Å². The Hall–Kier alpha value is -1.81. The van der Waals surface area contributed by atoms with Crippen LogP contribution in [0.4, 0.5) is 0 Å². The maximum atomic E-state index is 11.4. The van der Waals surface area contributed by atoms with Gasteiger partial charge >= 0.3 is 0 Å². The Morgan fingerprint density at radius 2 is 2.11 bits per heavy atom. The third kappa shape index (κ3) is 1.88. The van der Waals surface area contributed by atoms with E-state index in [9.17, 15) is 4.79 Å². The van der Waals surface area contributed by atoms with Crippen molar-refractivity contribution in [3.63, 3.8) is 0 Å². The van der Waals surface area contributed by atoms with Gasteiger partial charge in [0.15, 0.2) is 11.0 Å². The number of aliphatic imine (C=N–C) groups is 1. The molecule has 1 aromatic carbocycles. The summed E-state index contributed by atoms with van der Waals surface area (Å²) in [5.41, 5.74) is 3.02. The topological polar surface area (TPSA) is 32.7 Å². The molecular weight excluding hydrogens is 244 g/mol. The Morgan fingerprint density at radius 1 is 1.33 bits per heavy atom. The van der Waals surface area contributed by atoms with Crippen LogP contribution in [0.25, 0.3) is 5.70 Å². The fourth-order valence-corrected chi connectivity index (χ4v) is 2.86. The van der Waals surface area contributed by atoms with Gasteiger partial charge in [0, 0.05) is 17.2 Å². The Morgan fingerprint density at radius 3 is 2.83 bits per heavy atom. The molecule has 2 heterocycles. The molecular formula is C14H12N2OS. The largest absolute Gasteiger partial charge is 0.315 e. The molecule has 1 aromatic rings. The second kappa shape index (κ2) is 4.46. The van der Waals surface area contributed by atoms with Gasteiger partial charge in [-0.05, 0) is 12.5 Å². The summed E-state index contributed by atoms with van der Waals surface area (Å²) < 4.78 is 0. The van der Waals surface area contributed by atoms with Crippen LogP contribution in [0.5, 0.6) is 0 Å². The number of carbonyl (C=O) groups excluding carboxylic acids is 1. The highest BCUT2D eigenvalue weighted by molar-refractivity contribution is 8.16. The fraction of sp³-hybridized carbons (Fsp3) is 0.143. The van der Waals surface area contributed by atoms with E-state index in [2.05, 4.69) is 27.4 Å². The number of hydrogen-bond donors (Lipinski definition) is 0. The number of nitrogens with zero attached hydrogens (tertiary/aromatic N) is 2. The van der Waals surface area contributed by atoms with Gasteiger partial charge in [0.1, 0.15) is 0 Å². The molecule has 0 bridgehead atoms. The van der Waals surface area contributed by atoms with Gasteiger partial charge in [0.25, 0.3) is 0 Å². The van der Waals surface area contributed by atoms with E-state index in [-0.39, 0.29) is 5.78 Å². The van der Waals surface area contributed by atoms with Gasteiger partial charge in [-0.2, -0.15) is 0 Å². The number of benzene rings is 1. The van der Waals surface area contributed by atoms with E-state index in [1.807, 2.05) is 18.2 Å². The number of rotatable bonds is 2. The minimum Gasteiger partial charge on any atom is -0.315 e. The predicted molar refractivity (Wildman–Crippen MR) is 74.9 cm³/mol. The molecule has 0 radical (unpaired) electrons. The molecule has 0 aromatic heterocycles. The highest BCUT2D eigenvalue weighted by atomic mass is 32.2. The number of carbonyl (C=O) groups is 1. The van der Waals surface area contributed by atoms with Crippen LogP contribution in [0.1, 0.15) is 12.5 Å². The Bertz CT molecular complexity index is 587. The SMILES string of the molecule is CC(=O)C1=CN=C2SC=C(c3ccccc3)N2C1. The summed E-state index contributed by atoms with van der Waals surface area (Å²) in [6.07, 6.45) is 1.68. The quantitative estimate of drug-likeness (QED) is 0.815. The molecule has 0 saturated heterocycles. The molecule has 0 amide bonds. The second-order valence-electron chi connectivity index (χ2n) is 4.20. The lowest BCUT2D eigenvalue weighted by molar-refractivity contribution is -0.113. The Labute approximate surface area is 110 Å². The molecule has 18 heavy (non-hydrogen) atoms. The van der Waals surface area contributed by atoms with Crippen molar-refractivity contribution in [2.45, 2.75) is 6.92 Å². The van der Waals surface area contributed by atoms with E-state index in [1.54, 1.807) is 24.9 Å². The van der Waals surface area contributed by atoms with Crippen molar-refractivity contribution in [2.24, 2.45) is 4.99 Å². The molecule has 3 rings (SSSR count). The van der Waals surface area contributed by atoms with Crippen LogP contribution in [0, 0.1) is 0 Å². The van der Waals surface area contributed by atoms with E-state index in [0.717, 1.165) is 22.0 Å². The van der Waals surface area contributed by atoms with E-state index in [0.29, 0.717) is 6.54 Å². The van der Waals surface area contributed by atoms with Crippen LogP contribution in [-0.2, 0) is 4.79 Å². The van der Waals surface area contributed by atoms with E-state index in [4.69, 9.17) is 0 Å². The monoisotopic (exact) mass is 256 g/mol. The lowest BCUT2D eigenvalue weighted by atomic mass is 10.1. The van der Waals surface area contributed by atoms with Crippen molar-refractivity contribution in [2.75, 3.05) is 6.54 Å². The highest BCUT2D eigenvalue weighted by Gasteiger charge is 2.27. The average Bonchev–Trinajstić information content (AvgIpc) is 2.82. The summed E-state index contributed by atoms with van der Waals surface area (Å²) in [4.78, 5) is 17.9. The van der Waals surface area contributed by atoms with Gasteiger partial charge in [0.2, 0.25) is 0 Å². The second-order valence-corrected chi connectivity index (χ2v) is 5.03. The number of hydrogen-bond acceptors (Lipinski definition) is 4. The average molecular weight is 256 g/mol. The summed E-state index contributed by atoms with van der Waals surface area (Å²) in [6, 6.07) is 10.2. The van der Waals surface area contributed by atoms with Gasteiger partial charge in [0.05, 0.1) is 12.2 Å². The molecule has 0 N–H and O–H groups in total. The first-order valence-electron chi connectivity index (χ1n) is 5.73. The lowest BCUT2D eigenvalue weighted by Gasteiger charge is -2.25. The number of Topliss-reactive ketones (excluding diaryl/α,β-unsaturated/α-hetero) is 1. The number of amidine groups is 1. The summed E-state index contributed by atoms with van der Waals surface area (Å²) >= 11 is 1.60. The maximum Gasteiger partial charge on any atom is 0.173 e. The Balaban J connectivity index is 1.92. The Kier molecular flexibility index (Phi) is 2.80. The smallest absolute Gasteiger partial charge is 0.173 e. The first-order valence-corrected chi connectivity index (χ1v) is 6.61. The van der Waals surface area contributed by atoms with Gasteiger partial charge in [-0.3, -0.25) is 4.79 Å². The van der Waals surface area contributed by atoms with Gasteiger partial charge in [-0.25, -0.2) is 4.99 Å². The molecule has 0 saturated carbocycles. The highest BCUT2D eigenvalue weighted by Crippen LogP contribution is 2.35. The molecule has 0 unspecified atom stereocenters. The van der Waals surface area contributed by atoms with Crippen molar-refractivity contribution in [3.8, 4) is 0 Å². The van der Waals surface area contributed by atoms with Crippen LogP contribution >= 0.6 is 11.8 Å². The van der Waals surface area contributed by atoms with Crippen LogP contribution in [0.15, 0.2) is 52.5 Å². The van der Waals surface area contributed by atoms with Crippen molar-refractivity contribution >= 4 is 28.4 Å². The molecule has 90 valence electrons. The van der Waals surface area contributed by atoms with Gasteiger partial charge < -0.3 is 4.90 Å². The normalized spacial score (nSPS) is 17.8. The maximum absolute atomic E-state index is 11.4. The molecule has 3 nitrogen and oxygen atoms in total. The zero-order chi connectivity index (χ0) is 12.5. The fourth-order valence-electron chi connectivity index (χ4n) is 1.97. The van der Waals surface area contributed by atoms with Crippen molar-refractivity contribution in [1.29, 1.82) is 0 Å². The van der Waals surface area contributed by atoms with E-state index >= 15 is 0 Å². The first-order chi connectivity index (χ1) is 8.75. The third-order valence-electron chi connectivity index (χ3n) is 2.98. The van der Waals surface area contributed by atoms with Crippen molar-refractivity contribution < 1.29 is 4.79 Å². The van der Waals surface area contributed by atoms with Crippen LogP contribution in [-0.4, -0.2) is 22.4 Å². The molecule has 0 spiro atoms. The number of thioether (sulfide) groups is 1. The summed E-state index contributed by atoms with van der Waals surface area (Å²) in [5.74, 6) is 0.0853. The standard InChI is InChI=1S/C14H12N2OS/c1-10(17)12-7-15-14-16(8-12)13(9-18-14)11-5-3-2-4-6-11/h2-7,9H,8H2,1H3. The zero-order valence-electron chi connectivity index (χ0n) is 9.96. The van der Waals surface area contributed by atoms with Crippen molar-refractivity contribution in [1.82, 2.24) is 4.90 Å². The van der Waals surface area contributed by atoms with Crippen LogP contribution in [0.2, 0.25) is 0 Å². The minimum atomic E-state index is 0.0853. The molecule has 0 atom stereocenters. The number of ketones is 1. The summed E-state index contributed by atoms with van der Waals surface area (Å²) in [6.45, 7) is 2.20. The predicted octanol–water partition coefficient (Wildman–Crippen LogP) is 2.88.